The first-order valence-electron chi connectivity index (χ1n) is 18.9. The van der Waals surface area contributed by atoms with Gasteiger partial charge in [-0.05, 0) is 35.9 Å². The van der Waals surface area contributed by atoms with Crippen molar-refractivity contribution >= 4 is 88.1 Å². The fourth-order valence-electron chi connectivity index (χ4n) is 7.27. The summed E-state index contributed by atoms with van der Waals surface area (Å²) in [5, 5.41) is 17.3. The molecule has 6 nitrogen and oxygen atoms in total. The van der Waals surface area contributed by atoms with Crippen molar-refractivity contribution < 1.29 is 5.11 Å². The van der Waals surface area contributed by atoms with Gasteiger partial charge in [0.2, 0.25) is 0 Å². The Morgan fingerprint density at radius 2 is 1.32 bits per heavy atom. The van der Waals surface area contributed by atoms with Gasteiger partial charge in [-0.3, -0.25) is 0 Å². The lowest BCUT2D eigenvalue weighted by Gasteiger charge is -2.18. The number of fused-ring (bicyclic) bond motifs is 7. The molecule has 0 saturated carbocycles. The summed E-state index contributed by atoms with van der Waals surface area (Å²) in [4.78, 5) is 15.4. The maximum absolute atomic E-state index is 11.4. The summed E-state index contributed by atoms with van der Waals surface area (Å²) in [5.41, 5.74) is 13.3. The summed E-state index contributed by atoms with van der Waals surface area (Å²) in [6, 6.07) is 49.7. The third kappa shape index (κ3) is 6.75. The Bertz CT molecular complexity index is 2810. The summed E-state index contributed by atoms with van der Waals surface area (Å²) in [7, 11) is 8.05. The van der Waals surface area contributed by atoms with Crippen LogP contribution in [-0.4, -0.2) is 59.1 Å². The van der Waals surface area contributed by atoms with Crippen LogP contribution in [0.3, 0.4) is 0 Å². The van der Waals surface area contributed by atoms with Crippen LogP contribution in [0.5, 0.6) is 0 Å². The van der Waals surface area contributed by atoms with Gasteiger partial charge in [-0.1, -0.05) is 133 Å². The van der Waals surface area contributed by atoms with E-state index in [0.717, 1.165) is 88.7 Å². The fourth-order valence-corrected chi connectivity index (χ4v) is 7.27. The van der Waals surface area contributed by atoms with E-state index in [1.165, 1.54) is 0 Å². The van der Waals surface area contributed by atoms with E-state index in [1.54, 1.807) is 6.34 Å². The largest absolute Gasteiger partial charge is 0.508 e. The van der Waals surface area contributed by atoms with Gasteiger partial charge in [-0.2, -0.15) is 0 Å². The number of aliphatic imine (C=N–C) groups is 3. The van der Waals surface area contributed by atoms with Crippen LogP contribution < -0.4 is 5.32 Å². The Morgan fingerprint density at radius 1 is 0.679 bits per heavy atom. The molecule has 0 saturated heterocycles. The molecule has 0 spiro atoms. The molecule has 1 aromatic heterocycles. The van der Waals surface area contributed by atoms with Crippen LogP contribution in [0.25, 0.3) is 44.2 Å². The van der Waals surface area contributed by atoms with Gasteiger partial charge >= 0.3 is 0 Å². The Kier molecular flexibility index (Phi) is 10.0. The minimum atomic E-state index is 0.291. The van der Waals surface area contributed by atoms with E-state index >= 15 is 0 Å². The van der Waals surface area contributed by atoms with Crippen molar-refractivity contribution in [2.45, 2.75) is 6.92 Å². The van der Waals surface area contributed by atoms with Crippen LogP contribution >= 0.6 is 0 Å². The zero-order valence-electron chi connectivity index (χ0n) is 32.2. The van der Waals surface area contributed by atoms with Crippen molar-refractivity contribution in [2.75, 3.05) is 5.32 Å². The van der Waals surface area contributed by atoms with Crippen LogP contribution in [0.1, 0.15) is 23.6 Å². The van der Waals surface area contributed by atoms with Crippen molar-refractivity contribution in [2.24, 2.45) is 15.0 Å². The smallest absolute Gasteiger partial charge is 0.163 e. The quantitative estimate of drug-likeness (QED) is 0.108. The minimum absolute atomic E-state index is 0.291. The number of benzene rings is 6. The average Bonchev–Trinajstić information content (AvgIpc) is 3.56. The SMILES string of the molecule is B/C=C(B)/C(O)=C(\C(B)=C(\B)C)c1ccc(-n2c3ccccc3c3ccc4c(c32)-c2ccccc2\N=C(c2ccccc2)/N=C(c2ccccc2)\N=C\N4)cc1. The molecule has 6 aromatic carbocycles. The highest BCUT2D eigenvalue weighted by Gasteiger charge is 2.22. The first-order valence-corrected chi connectivity index (χ1v) is 18.9. The molecule has 2 heterocycles. The maximum Gasteiger partial charge on any atom is 0.163 e. The first kappa shape index (κ1) is 36.2. The van der Waals surface area contributed by atoms with Gasteiger partial charge < -0.3 is 15.0 Å². The lowest BCUT2D eigenvalue weighted by molar-refractivity contribution is 0.432. The molecule has 1 aliphatic rings. The molecule has 0 amide bonds. The van der Waals surface area contributed by atoms with Crippen LogP contribution in [0.4, 0.5) is 11.4 Å². The van der Waals surface area contributed by atoms with Crippen molar-refractivity contribution in [1.82, 2.24) is 4.57 Å². The Hall–Kier alpha value is -6.79. The van der Waals surface area contributed by atoms with E-state index < -0.39 is 0 Å². The number of aromatic nitrogens is 1. The van der Waals surface area contributed by atoms with Gasteiger partial charge in [0.1, 0.15) is 37.1 Å². The molecule has 0 radical (unpaired) electrons. The molecule has 0 bridgehead atoms. The number of rotatable bonds is 6. The van der Waals surface area contributed by atoms with E-state index in [4.69, 9.17) is 15.0 Å². The molecular formula is C46H39B4N5O. The molecule has 1 aliphatic heterocycles. The second-order valence-corrected chi connectivity index (χ2v) is 14.1. The lowest BCUT2D eigenvalue weighted by Crippen LogP contribution is -2.07. The zero-order chi connectivity index (χ0) is 38.8. The second-order valence-electron chi connectivity index (χ2n) is 14.1. The van der Waals surface area contributed by atoms with Crippen LogP contribution in [0.2, 0.25) is 0 Å². The Morgan fingerprint density at radius 3 is 2.02 bits per heavy atom. The van der Waals surface area contributed by atoms with Gasteiger partial charge in [0, 0.05) is 50.0 Å². The Labute approximate surface area is 331 Å². The second kappa shape index (κ2) is 15.5. The third-order valence-electron chi connectivity index (χ3n) is 10.5. The number of allylic oxidation sites excluding steroid dienone is 4. The molecule has 56 heavy (non-hydrogen) atoms. The van der Waals surface area contributed by atoms with E-state index in [1.807, 2.05) is 88.4 Å². The summed E-state index contributed by atoms with van der Waals surface area (Å²) in [6.45, 7) is 2.08. The van der Waals surface area contributed by atoms with E-state index in [2.05, 4.69) is 111 Å². The number of nitrogens with one attached hydrogen (secondary N) is 1. The molecule has 0 atom stereocenters. The summed E-state index contributed by atoms with van der Waals surface area (Å²) in [6.07, 6.45) is 1.73. The van der Waals surface area contributed by atoms with Crippen molar-refractivity contribution in [3.8, 4) is 16.8 Å². The van der Waals surface area contributed by atoms with Crippen molar-refractivity contribution in [1.29, 1.82) is 0 Å². The van der Waals surface area contributed by atoms with Crippen molar-refractivity contribution in [3.63, 3.8) is 0 Å². The molecule has 10 heteroatoms. The molecule has 266 valence electrons. The lowest BCUT2D eigenvalue weighted by atomic mass is 9.73. The summed E-state index contributed by atoms with van der Waals surface area (Å²) in [5.74, 6) is 3.34. The summed E-state index contributed by atoms with van der Waals surface area (Å²) < 4.78 is 2.34. The number of amidine groups is 2. The predicted octanol–water partition coefficient (Wildman–Crippen LogP) is 7.30. The highest BCUT2D eigenvalue weighted by atomic mass is 16.3. The first-order chi connectivity index (χ1) is 27.3. The van der Waals surface area contributed by atoms with Crippen LogP contribution in [0, 0.1) is 0 Å². The van der Waals surface area contributed by atoms with Crippen LogP contribution in [-0.2, 0) is 0 Å². The Balaban J connectivity index is 1.41. The monoisotopic (exact) mass is 721 g/mol. The van der Waals surface area contributed by atoms with Gasteiger partial charge in [0.25, 0.3) is 0 Å². The van der Waals surface area contributed by atoms with E-state index in [0.29, 0.717) is 17.4 Å². The van der Waals surface area contributed by atoms with Gasteiger partial charge in [0.05, 0.1) is 23.1 Å². The number of anilines is 1. The molecular weight excluding hydrogens is 682 g/mol. The number of nitrogens with zero attached hydrogens (tertiary/aromatic N) is 4. The third-order valence-corrected chi connectivity index (χ3v) is 10.5. The average molecular weight is 721 g/mol. The molecule has 0 aliphatic carbocycles. The van der Waals surface area contributed by atoms with Crippen LogP contribution in [0.15, 0.2) is 189 Å². The van der Waals surface area contributed by atoms with E-state index in [-0.39, 0.29) is 0 Å². The molecule has 2 N–H and O–H groups in total. The number of hydrogen-bond acceptors (Lipinski definition) is 5. The zero-order valence-corrected chi connectivity index (χ0v) is 32.2. The molecule has 8 rings (SSSR count). The number of para-hydroxylation sites is 2. The summed E-state index contributed by atoms with van der Waals surface area (Å²) >= 11 is 0. The number of hydrogen-bond donors (Lipinski definition) is 2. The molecule has 0 unspecified atom stereocenters. The minimum Gasteiger partial charge on any atom is -0.508 e. The van der Waals surface area contributed by atoms with Crippen molar-refractivity contribution in [3.05, 3.63) is 190 Å². The van der Waals surface area contributed by atoms with Gasteiger partial charge in [-0.15, -0.1) is 11.4 Å². The van der Waals surface area contributed by atoms with E-state index in [9.17, 15) is 5.11 Å². The fraction of sp³-hybridized carbons (Fsp3) is 0.0217. The predicted molar refractivity (Wildman–Crippen MR) is 248 cm³/mol. The van der Waals surface area contributed by atoms with Gasteiger partial charge in [-0.25, -0.2) is 15.0 Å². The number of aliphatic hydroxyl groups excluding tert-OH is 1. The highest BCUT2D eigenvalue weighted by molar-refractivity contribution is 6.38. The maximum atomic E-state index is 11.4. The van der Waals surface area contributed by atoms with Gasteiger partial charge in [0.15, 0.2) is 11.7 Å². The molecule has 0 fully saturated rings. The normalized spacial score (nSPS) is 16.5. The standard InChI is InChI=1S/C46H39B4N5O/c1-28(48)42(50)40(44(56)36(49)26-47)29-20-22-32(23-21-29)55-39-19-11-9-16-33(39)34-24-25-38-41(43(34)55)35-17-8-10-18-37(35)53-46(31-14-6-3-7-15-31)54-45(52-27-51-38)30-12-4-2-5-13-30/h2-27,56H,47-50H2,1H3,(H,51,52,53,54)/b36-26-,42-28-,44-40+. The topological polar surface area (TPSA) is 74.3 Å². The number of aliphatic hydroxyl groups is 1. The molecule has 7 aromatic rings. The highest BCUT2D eigenvalue weighted by Crippen LogP contribution is 2.45.